The van der Waals surface area contributed by atoms with Crippen molar-refractivity contribution in [1.29, 1.82) is 0 Å². The number of aryl methyl sites for hydroxylation is 1. The average molecular weight is 308 g/mol. The van der Waals surface area contributed by atoms with Crippen LogP contribution < -0.4 is 16.2 Å². The first kappa shape index (κ1) is 15.6. The Kier molecular flexibility index (Phi) is 5.18. The molecule has 2 amide bonds. The van der Waals surface area contributed by atoms with Crippen molar-refractivity contribution in [2.75, 3.05) is 11.9 Å². The zero-order chi connectivity index (χ0) is 15.9. The fourth-order valence-corrected chi connectivity index (χ4v) is 1.74. The van der Waals surface area contributed by atoms with Crippen molar-refractivity contribution in [3.05, 3.63) is 58.5 Å². The molecule has 0 fully saturated rings. The largest absolute Gasteiger partial charge is 0.338 e. The molecule has 1 heterocycles. The van der Waals surface area contributed by atoms with E-state index in [0.717, 1.165) is 12.1 Å². The van der Waals surface area contributed by atoms with Crippen molar-refractivity contribution in [2.45, 2.75) is 13.0 Å². The van der Waals surface area contributed by atoms with Gasteiger partial charge in [0.25, 0.3) is 5.56 Å². The molecule has 2 N–H and O–H groups in total. The van der Waals surface area contributed by atoms with E-state index in [1.807, 2.05) is 0 Å². The van der Waals surface area contributed by atoms with Gasteiger partial charge < -0.3 is 10.6 Å². The highest BCUT2D eigenvalue weighted by Gasteiger charge is 2.05. The van der Waals surface area contributed by atoms with E-state index in [1.54, 1.807) is 6.07 Å². The summed E-state index contributed by atoms with van der Waals surface area (Å²) in [7, 11) is 0. The Morgan fingerprint density at radius 1 is 1.23 bits per heavy atom. The summed E-state index contributed by atoms with van der Waals surface area (Å²) in [6, 6.07) is 5.48. The molecule has 22 heavy (non-hydrogen) atoms. The number of rotatable bonds is 5. The van der Waals surface area contributed by atoms with Gasteiger partial charge in [-0.15, -0.1) is 0 Å². The zero-order valence-corrected chi connectivity index (χ0v) is 11.6. The van der Waals surface area contributed by atoms with E-state index < -0.39 is 17.7 Å². The molecule has 116 valence electrons. The molecule has 0 saturated heterocycles. The summed E-state index contributed by atoms with van der Waals surface area (Å²) in [5.74, 6) is -2.01. The monoisotopic (exact) mass is 308 g/mol. The van der Waals surface area contributed by atoms with Crippen LogP contribution >= 0.6 is 0 Å². The van der Waals surface area contributed by atoms with Crippen LogP contribution in [0.3, 0.4) is 0 Å². The molecule has 0 saturated carbocycles. The van der Waals surface area contributed by atoms with Gasteiger partial charge in [-0.1, -0.05) is 0 Å². The van der Waals surface area contributed by atoms with Crippen molar-refractivity contribution in [1.82, 2.24) is 15.1 Å². The van der Waals surface area contributed by atoms with Crippen LogP contribution in [0, 0.1) is 11.6 Å². The molecular weight excluding hydrogens is 294 g/mol. The summed E-state index contributed by atoms with van der Waals surface area (Å²) in [5, 5.41) is 8.80. The molecule has 0 aliphatic heterocycles. The molecule has 6 nitrogen and oxygen atoms in total. The number of hydrogen-bond acceptors (Lipinski definition) is 3. The van der Waals surface area contributed by atoms with Gasteiger partial charge in [-0.05, 0) is 24.6 Å². The molecule has 0 aliphatic carbocycles. The normalized spacial score (nSPS) is 10.3. The van der Waals surface area contributed by atoms with Crippen LogP contribution in [0.4, 0.5) is 19.3 Å². The lowest BCUT2D eigenvalue weighted by molar-refractivity contribution is 0.251. The Hall–Kier alpha value is -2.77. The molecule has 0 unspecified atom stereocenters. The smallest absolute Gasteiger partial charge is 0.319 e. The lowest BCUT2D eigenvalue weighted by Crippen LogP contribution is -2.31. The summed E-state index contributed by atoms with van der Waals surface area (Å²) in [6.45, 7) is 0.670. The van der Waals surface area contributed by atoms with Crippen LogP contribution in [0.25, 0.3) is 0 Å². The lowest BCUT2D eigenvalue weighted by atomic mass is 10.3. The molecule has 0 bridgehead atoms. The van der Waals surface area contributed by atoms with Crippen LogP contribution in [-0.4, -0.2) is 22.4 Å². The van der Waals surface area contributed by atoms with Crippen molar-refractivity contribution < 1.29 is 13.6 Å². The van der Waals surface area contributed by atoms with Crippen LogP contribution in [0.15, 0.2) is 41.3 Å². The first-order chi connectivity index (χ1) is 10.6. The Morgan fingerprint density at radius 2 is 2.05 bits per heavy atom. The highest BCUT2D eigenvalue weighted by atomic mass is 19.2. The number of nitrogens with zero attached hydrogens (tertiary/aromatic N) is 2. The van der Waals surface area contributed by atoms with Gasteiger partial charge in [0.15, 0.2) is 11.6 Å². The molecule has 0 radical (unpaired) electrons. The molecule has 0 atom stereocenters. The number of carbonyl (C=O) groups excluding carboxylic acids is 1. The van der Waals surface area contributed by atoms with Crippen LogP contribution in [-0.2, 0) is 6.54 Å². The van der Waals surface area contributed by atoms with E-state index in [-0.39, 0.29) is 11.2 Å². The van der Waals surface area contributed by atoms with Gasteiger partial charge >= 0.3 is 6.03 Å². The topological polar surface area (TPSA) is 76.0 Å². The number of carbonyl (C=O) groups is 1. The number of anilines is 1. The van der Waals surface area contributed by atoms with Crippen LogP contribution in [0.5, 0.6) is 0 Å². The predicted molar refractivity (Wildman–Crippen MR) is 76.5 cm³/mol. The van der Waals surface area contributed by atoms with Crippen molar-refractivity contribution in [3.8, 4) is 0 Å². The zero-order valence-electron chi connectivity index (χ0n) is 11.6. The van der Waals surface area contributed by atoms with E-state index in [4.69, 9.17) is 0 Å². The van der Waals surface area contributed by atoms with E-state index >= 15 is 0 Å². The summed E-state index contributed by atoms with van der Waals surface area (Å²) < 4.78 is 27.0. The molecule has 0 spiro atoms. The first-order valence-corrected chi connectivity index (χ1v) is 6.58. The number of hydrogen-bond donors (Lipinski definition) is 2. The van der Waals surface area contributed by atoms with Crippen LogP contribution in [0.2, 0.25) is 0 Å². The first-order valence-electron chi connectivity index (χ1n) is 6.58. The van der Waals surface area contributed by atoms with Crippen LogP contribution in [0.1, 0.15) is 6.42 Å². The maximum absolute atomic E-state index is 13.0. The molecule has 1 aromatic carbocycles. The van der Waals surface area contributed by atoms with E-state index in [9.17, 15) is 18.4 Å². The molecule has 2 rings (SSSR count). The van der Waals surface area contributed by atoms with Gasteiger partial charge in [-0.25, -0.2) is 18.3 Å². The number of halogens is 2. The van der Waals surface area contributed by atoms with E-state index in [0.29, 0.717) is 19.5 Å². The van der Waals surface area contributed by atoms with Gasteiger partial charge in [0.1, 0.15) is 0 Å². The van der Waals surface area contributed by atoms with E-state index in [1.165, 1.54) is 23.0 Å². The minimum Gasteiger partial charge on any atom is -0.338 e. The maximum Gasteiger partial charge on any atom is 0.319 e. The summed E-state index contributed by atoms with van der Waals surface area (Å²) in [4.78, 5) is 22.9. The molecular formula is C14H14F2N4O2. The second kappa shape index (κ2) is 7.30. The van der Waals surface area contributed by atoms with Gasteiger partial charge in [0.05, 0.1) is 0 Å². The Balaban J connectivity index is 1.75. The summed E-state index contributed by atoms with van der Waals surface area (Å²) in [5.41, 5.74) is -0.0638. The SMILES string of the molecule is O=C(NCCCn1ncccc1=O)Nc1ccc(F)c(F)c1. The Morgan fingerprint density at radius 3 is 2.77 bits per heavy atom. The third-order valence-corrected chi connectivity index (χ3v) is 2.80. The summed E-state index contributed by atoms with van der Waals surface area (Å²) >= 11 is 0. The molecule has 1 aromatic heterocycles. The maximum atomic E-state index is 13.0. The number of benzene rings is 1. The van der Waals surface area contributed by atoms with Crippen molar-refractivity contribution in [3.63, 3.8) is 0 Å². The highest BCUT2D eigenvalue weighted by molar-refractivity contribution is 5.89. The van der Waals surface area contributed by atoms with Crippen molar-refractivity contribution in [2.24, 2.45) is 0 Å². The van der Waals surface area contributed by atoms with Gasteiger partial charge in [-0.3, -0.25) is 4.79 Å². The number of amides is 2. The van der Waals surface area contributed by atoms with Gasteiger partial charge in [-0.2, -0.15) is 5.10 Å². The lowest BCUT2D eigenvalue weighted by Gasteiger charge is -2.08. The Bertz CT molecular complexity index is 718. The average Bonchev–Trinajstić information content (AvgIpc) is 2.49. The minimum absolute atomic E-state index is 0.150. The quantitative estimate of drug-likeness (QED) is 0.826. The number of urea groups is 1. The summed E-state index contributed by atoms with van der Waals surface area (Å²) in [6.07, 6.45) is 2.01. The van der Waals surface area contributed by atoms with Gasteiger partial charge in [0.2, 0.25) is 0 Å². The standard InChI is InChI=1S/C14H14F2N4O2/c15-11-5-4-10(9-12(11)16)19-14(22)17-6-2-8-20-13(21)3-1-7-18-20/h1,3-5,7,9H,2,6,8H2,(H2,17,19,22). The Labute approximate surface area is 124 Å². The van der Waals surface area contributed by atoms with E-state index in [2.05, 4.69) is 15.7 Å². The highest BCUT2D eigenvalue weighted by Crippen LogP contribution is 2.12. The molecule has 2 aromatic rings. The number of nitrogens with one attached hydrogen (secondary N) is 2. The van der Waals surface area contributed by atoms with Crippen molar-refractivity contribution >= 4 is 11.7 Å². The van der Waals surface area contributed by atoms with Gasteiger partial charge in [0, 0.05) is 37.1 Å². The third kappa shape index (κ3) is 4.37. The fraction of sp³-hybridized carbons (Fsp3) is 0.214. The number of aromatic nitrogens is 2. The third-order valence-electron chi connectivity index (χ3n) is 2.80. The predicted octanol–water partition coefficient (Wildman–Crippen LogP) is 1.73. The minimum atomic E-state index is -1.03. The second-order valence-corrected chi connectivity index (χ2v) is 4.45. The fourth-order valence-electron chi connectivity index (χ4n) is 1.74. The molecule has 0 aliphatic rings. The second-order valence-electron chi connectivity index (χ2n) is 4.45. The molecule has 8 heteroatoms.